The number of unbranched alkanes of at least 4 members (excludes halogenated alkanes) is 1. The molecule has 0 saturated carbocycles. The average Bonchev–Trinajstić information content (AvgIpc) is 1.66. The molecule has 0 aliphatic heterocycles. The van der Waals surface area contributed by atoms with E-state index in [1.165, 1.54) is 0 Å². The van der Waals surface area contributed by atoms with E-state index < -0.39 is 0 Å². The fourth-order valence-corrected chi connectivity index (χ4v) is 0.540. The first kappa shape index (κ1) is 11.6. The summed E-state index contributed by atoms with van der Waals surface area (Å²) < 4.78 is 0. The minimum Gasteiger partial charge on any atom is -0.412 e. The Bertz CT molecular complexity index is 48.3. The Morgan fingerprint density at radius 2 is 1.78 bits per heavy atom. The lowest BCUT2D eigenvalue weighted by atomic mass is 10.3. The van der Waals surface area contributed by atoms with Gasteiger partial charge in [-0.3, -0.25) is 0 Å². The summed E-state index contributed by atoms with van der Waals surface area (Å²) in [5.74, 6) is 0. The van der Waals surface area contributed by atoms with Crippen molar-refractivity contribution < 1.29 is 10.6 Å². The van der Waals surface area contributed by atoms with Crippen molar-refractivity contribution in [2.45, 2.75) is 12.8 Å². The summed E-state index contributed by atoms with van der Waals surface area (Å²) in [5, 5.41) is 8.36. The van der Waals surface area contributed by atoms with E-state index in [0.717, 1.165) is 19.4 Å². The number of nitrogens with zero attached hydrogens (tertiary/aromatic N) is 1. The summed E-state index contributed by atoms with van der Waals surface area (Å²) >= 11 is 0. The van der Waals surface area contributed by atoms with Crippen LogP contribution >= 0.6 is 0 Å². The first-order valence-corrected chi connectivity index (χ1v) is 3.03. The molecule has 58 valence electrons. The van der Waals surface area contributed by atoms with Gasteiger partial charge in [0.25, 0.3) is 0 Å². The molecule has 0 rings (SSSR count). The van der Waals surface area contributed by atoms with Gasteiger partial charge in [0.05, 0.1) is 0 Å². The Labute approximate surface area is 56.6 Å². The van der Waals surface area contributed by atoms with Crippen molar-refractivity contribution in [1.82, 2.24) is 4.90 Å². The number of hydrogen-bond acceptors (Lipinski definition) is 2. The zero-order valence-electron chi connectivity index (χ0n) is 6.22. The third kappa shape index (κ3) is 11.4. The van der Waals surface area contributed by atoms with Gasteiger partial charge in [0.15, 0.2) is 0 Å². The van der Waals surface area contributed by atoms with Gasteiger partial charge in [-0.05, 0) is 33.5 Å². The molecule has 0 aromatic heterocycles. The molecule has 0 heterocycles. The predicted octanol–water partition coefficient (Wildman–Crippen LogP) is -0.504. The molecule has 0 saturated heterocycles. The van der Waals surface area contributed by atoms with Crippen LogP contribution in [-0.2, 0) is 0 Å². The van der Waals surface area contributed by atoms with Crippen molar-refractivity contribution in [3.05, 3.63) is 0 Å². The van der Waals surface area contributed by atoms with Gasteiger partial charge < -0.3 is 15.5 Å². The fraction of sp³-hybridized carbons (Fsp3) is 1.00. The standard InChI is InChI=1S/C6H15NO.H2O/c1-7(2)5-3-4-6-8;/h8H,3-6H2,1-2H3;1H2. The van der Waals surface area contributed by atoms with E-state index in [0.29, 0.717) is 6.61 Å². The van der Waals surface area contributed by atoms with E-state index in [2.05, 4.69) is 4.90 Å². The molecule has 3 N–H and O–H groups in total. The van der Waals surface area contributed by atoms with Gasteiger partial charge in [-0.15, -0.1) is 0 Å². The Balaban J connectivity index is 0. The highest BCUT2D eigenvalue weighted by Crippen LogP contribution is 1.87. The zero-order chi connectivity index (χ0) is 6.41. The summed E-state index contributed by atoms with van der Waals surface area (Å²) in [5.41, 5.74) is 0. The van der Waals surface area contributed by atoms with Crippen molar-refractivity contribution in [3.63, 3.8) is 0 Å². The molecule has 0 aliphatic rings. The number of rotatable bonds is 4. The third-order valence-corrected chi connectivity index (χ3v) is 1.01. The van der Waals surface area contributed by atoms with Crippen molar-refractivity contribution in [2.75, 3.05) is 27.2 Å². The number of aliphatic hydroxyl groups is 1. The average molecular weight is 135 g/mol. The molecule has 0 amide bonds. The SMILES string of the molecule is CN(C)CCCCO.O. The maximum absolute atomic E-state index is 8.36. The molecule has 0 radical (unpaired) electrons. The Morgan fingerprint density at radius 1 is 1.22 bits per heavy atom. The highest BCUT2D eigenvalue weighted by Gasteiger charge is 1.87. The largest absolute Gasteiger partial charge is 0.412 e. The number of hydrogen-bond donors (Lipinski definition) is 1. The van der Waals surface area contributed by atoms with E-state index in [1.807, 2.05) is 14.1 Å². The van der Waals surface area contributed by atoms with Crippen LogP contribution in [0.1, 0.15) is 12.8 Å². The smallest absolute Gasteiger partial charge is 0.0431 e. The normalized spacial score (nSPS) is 9.33. The summed E-state index contributed by atoms with van der Waals surface area (Å²) in [6, 6.07) is 0. The van der Waals surface area contributed by atoms with Gasteiger partial charge in [0.2, 0.25) is 0 Å². The molecular weight excluding hydrogens is 118 g/mol. The maximum Gasteiger partial charge on any atom is 0.0431 e. The minimum atomic E-state index is 0. The molecule has 9 heavy (non-hydrogen) atoms. The van der Waals surface area contributed by atoms with E-state index in [4.69, 9.17) is 5.11 Å². The Hall–Kier alpha value is -0.120. The zero-order valence-corrected chi connectivity index (χ0v) is 6.22. The summed E-state index contributed by atoms with van der Waals surface area (Å²) in [4.78, 5) is 2.12. The summed E-state index contributed by atoms with van der Waals surface area (Å²) in [6.45, 7) is 1.41. The lowest BCUT2D eigenvalue weighted by Gasteiger charge is -2.06. The highest BCUT2D eigenvalue weighted by atomic mass is 16.2. The Kier molecular flexibility index (Phi) is 10.2. The first-order chi connectivity index (χ1) is 3.77. The molecule has 0 fully saturated rings. The monoisotopic (exact) mass is 135 g/mol. The van der Waals surface area contributed by atoms with Crippen molar-refractivity contribution in [3.8, 4) is 0 Å². The molecule has 0 bridgehead atoms. The van der Waals surface area contributed by atoms with Gasteiger partial charge in [-0.1, -0.05) is 0 Å². The number of aliphatic hydroxyl groups excluding tert-OH is 1. The molecule has 0 aromatic rings. The van der Waals surface area contributed by atoms with Crippen LogP contribution in [0, 0.1) is 0 Å². The van der Waals surface area contributed by atoms with Crippen LogP contribution in [0.2, 0.25) is 0 Å². The van der Waals surface area contributed by atoms with Gasteiger partial charge in [0.1, 0.15) is 0 Å². The lowest BCUT2D eigenvalue weighted by Crippen LogP contribution is -2.12. The summed E-state index contributed by atoms with van der Waals surface area (Å²) in [6.07, 6.45) is 2.03. The molecule has 0 aliphatic carbocycles. The highest BCUT2D eigenvalue weighted by molar-refractivity contribution is 4.42. The van der Waals surface area contributed by atoms with Crippen LogP contribution in [0.3, 0.4) is 0 Å². The van der Waals surface area contributed by atoms with E-state index >= 15 is 0 Å². The van der Waals surface area contributed by atoms with Crippen LogP contribution in [0.15, 0.2) is 0 Å². The third-order valence-electron chi connectivity index (χ3n) is 1.01. The maximum atomic E-state index is 8.36. The van der Waals surface area contributed by atoms with Crippen LogP contribution < -0.4 is 0 Å². The van der Waals surface area contributed by atoms with E-state index in [9.17, 15) is 0 Å². The van der Waals surface area contributed by atoms with Crippen LogP contribution in [-0.4, -0.2) is 42.7 Å². The van der Waals surface area contributed by atoms with Gasteiger partial charge in [-0.25, -0.2) is 0 Å². The van der Waals surface area contributed by atoms with Crippen molar-refractivity contribution >= 4 is 0 Å². The van der Waals surface area contributed by atoms with Crippen LogP contribution in [0.5, 0.6) is 0 Å². The van der Waals surface area contributed by atoms with Crippen molar-refractivity contribution in [2.24, 2.45) is 0 Å². The quantitative estimate of drug-likeness (QED) is 0.528. The van der Waals surface area contributed by atoms with Gasteiger partial charge in [0, 0.05) is 6.61 Å². The van der Waals surface area contributed by atoms with E-state index in [-0.39, 0.29) is 5.48 Å². The van der Waals surface area contributed by atoms with Crippen LogP contribution in [0.4, 0.5) is 0 Å². The molecular formula is C6H17NO2. The molecule has 3 heteroatoms. The van der Waals surface area contributed by atoms with Crippen LogP contribution in [0.25, 0.3) is 0 Å². The Morgan fingerprint density at radius 3 is 2.11 bits per heavy atom. The van der Waals surface area contributed by atoms with Gasteiger partial charge >= 0.3 is 0 Å². The minimum absolute atomic E-state index is 0. The topological polar surface area (TPSA) is 55.0 Å². The molecule has 0 aromatic carbocycles. The fourth-order valence-electron chi connectivity index (χ4n) is 0.540. The summed E-state index contributed by atoms with van der Waals surface area (Å²) in [7, 11) is 4.08. The molecule has 0 unspecified atom stereocenters. The molecule has 3 nitrogen and oxygen atoms in total. The lowest BCUT2D eigenvalue weighted by molar-refractivity contribution is 0.273. The molecule has 0 atom stereocenters. The second-order valence-corrected chi connectivity index (χ2v) is 2.23. The second kappa shape index (κ2) is 7.88. The first-order valence-electron chi connectivity index (χ1n) is 3.03. The van der Waals surface area contributed by atoms with Crippen molar-refractivity contribution in [1.29, 1.82) is 0 Å². The van der Waals surface area contributed by atoms with Gasteiger partial charge in [-0.2, -0.15) is 0 Å². The predicted molar refractivity (Wildman–Crippen MR) is 38.5 cm³/mol. The second-order valence-electron chi connectivity index (χ2n) is 2.23. The van der Waals surface area contributed by atoms with E-state index in [1.54, 1.807) is 0 Å². The molecule has 0 spiro atoms.